The first-order valence-electron chi connectivity index (χ1n) is 8.69. The molecule has 3 rings (SSSR count). The number of hydrogen-bond donors (Lipinski definition) is 2. The molecule has 0 bridgehead atoms. The second-order valence-electron chi connectivity index (χ2n) is 6.18. The van der Waals surface area contributed by atoms with Crippen LogP contribution in [0.25, 0.3) is 0 Å². The van der Waals surface area contributed by atoms with E-state index >= 15 is 0 Å². The van der Waals surface area contributed by atoms with E-state index in [9.17, 15) is 0 Å². The lowest BCUT2D eigenvalue weighted by atomic mass is 10.1. The van der Waals surface area contributed by atoms with E-state index in [1.165, 1.54) is 5.56 Å². The minimum atomic E-state index is 0.712. The fraction of sp³-hybridized carbons (Fsp3) is 0.238. The Kier molecular flexibility index (Phi) is 5.69. The van der Waals surface area contributed by atoms with E-state index < -0.39 is 0 Å². The molecule has 0 aliphatic heterocycles. The molecule has 1 heterocycles. The summed E-state index contributed by atoms with van der Waals surface area (Å²) in [6.45, 7) is 4.75. The van der Waals surface area contributed by atoms with Crippen LogP contribution in [0.4, 0.5) is 17.3 Å². The molecule has 1 aromatic heterocycles. The van der Waals surface area contributed by atoms with Gasteiger partial charge in [-0.3, -0.25) is 0 Å². The number of hydrogen-bond acceptors (Lipinski definition) is 5. The Balaban J connectivity index is 1.70. The van der Waals surface area contributed by atoms with Crippen LogP contribution in [0.3, 0.4) is 0 Å². The highest BCUT2D eigenvalue weighted by molar-refractivity contribution is 5.66. The number of methoxy groups -OCH3 is 1. The van der Waals surface area contributed by atoms with E-state index in [4.69, 9.17) is 4.74 Å². The van der Waals surface area contributed by atoms with Crippen LogP contribution in [0.2, 0.25) is 0 Å². The van der Waals surface area contributed by atoms with Crippen molar-refractivity contribution in [2.24, 2.45) is 0 Å². The van der Waals surface area contributed by atoms with Gasteiger partial charge in [0.25, 0.3) is 0 Å². The van der Waals surface area contributed by atoms with E-state index in [1.807, 2.05) is 44.2 Å². The van der Waals surface area contributed by atoms with E-state index in [1.54, 1.807) is 7.11 Å². The lowest BCUT2D eigenvalue weighted by Crippen LogP contribution is -2.08. The van der Waals surface area contributed by atoms with Crippen LogP contribution in [0.1, 0.15) is 17.0 Å². The average Bonchev–Trinajstić information content (AvgIpc) is 2.62. The van der Waals surface area contributed by atoms with Crippen molar-refractivity contribution in [3.63, 3.8) is 0 Å². The highest BCUT2D eigenvalue weighted by Crippen LogP contribution is 2.28. The third kappa shape index (κ3) is 4.72. The van der Waals surface area contributed by atoms with Gasteiger partial charge >= 0.3 is 0 Å². The highest BCUT2D eigenvalue weighted by atomic mass is 16.5. The van der Waals surface area contributed by atoms with Crippen LogP contribution in [0, 0.1) is 13.8 Å². The molecule has 0 aliphatic rings. The van der Waals surface area contributed by atoms with Crippen molar-refractivity contribution in [2.75, 3.05) is 24.3 Å². The lowest BCUT2D eigenvalue weighted by molar-refractivity contribution is 0.416. The van der Waals surface area contributed by atoms with Gasteiger partial charge in [0.05, 0.1) is 12.8 Å². The van der Waals surface area contributed by atoms with Gasteiger partial charge in [-0.05, 0) is 43.5 Å². The van der Waals surface area contributed by atoms with Gasteiger partial charge in [0.2, 0.25) is 0 Å². The number of benzene rings is 2. The number of rotatable bonds is 7. The molecule has 0 saturated heterocycles. The first-order valence-corrected chi connectivity index (χ1v) is 8.69. The minimum absolute atomic E-state index is 0.712. The molecule has 0 fully saturated rings. The Hall–Kier alpha value is -3.08. The minimum Gasteiger partial charge on any atom is -0.495 e. The maximum atomic E-state index is 5.43. The summed E-state index contributed by atoms with van der Waals surface area (Å²) in [4.78, 5) is 8.96. The maximum absolute atomic E-state index is 5.43. The van der Waals surface area contributed by atoms with Crippen molar-refractivity contribution in [2.45, 2.75) is 20.3 Å². The number of aryl methyl sites for hydroxylation is 2. The van der Waals surface area contributed by atoms with Gasteiger partial charge in [-0.1, -0.05) is 36.4 Å². The van der Waals surface area contributed by atoms with E-state index in [-0.39, 0.29) is 0 Å². The molecule has 134 valence electrons. The van der Waals surface area contributed by atoms with Crippen LogP contribution < -0.4 is 15.4 Å². The zero-order valence-corrected chi connectivity index (χ0v) is 15.4. The molecule has 0 atom stereocenters. The first-order chi connectivity index (χ1) is 12.6. The summed E-state index contributed by atoms with van der Waals surface area (Å²) in [5, 5.41) is 6.72. The van der Waals surface area contributed by atoms with Crippen molar-refractivity contribution in [3.05, 3.63) is 71.5 Å². The molecule has 5 nitrogen and oxygen atoms in total. The summed E-state index contributed by atoms with van der Waals surface area (Å²) < 4.78 is 5.43. The second-order valence-corrected chi connectivity index (χ2v) is 6.18. The van der Waals surface area contributed by atoms with Gasteiger partial charge in [0, 0.05) is 12.6 Å². The summed E-state index contributed by atoms with van der Waals surface area (Å²) in [5.74, 6) is 3.04. The fourth-order valence-corrected chi connectivity index (χ4v) is 2.76. The molecular weight excluding hydrogens is 324 g/mol. The van der Waals surface area contributed by atoms with Crippen molar-refractivity contribution >= 4 is 17.3 Å². The normalized spacial score (nSPS) is 10.4. The lowest BCUT2D eigenvalue weighted by Gasteiger charge is -2.13. The van der Waals surface area contributed by atoms with Crippen LogP contribution in [0.5, 0.6) is 5.75 Å². The Morgan fingerprint density at radius 1 is 0.923 bits per heavy atom. The third-order valence-electron chi connectivity index (χ3n) is 4.02. The summed E-state index contributed by atoms with van der Waals surface area (Å²) in [6, 6.07) is 18.3. The molecular formula is C21H24N4O. The number of nitrogens with one attached hydrogen (secondary N) is 2. The van der Waals surface area contributed by atoms with E-state index in [2.05, 4.69) is 44.9 Å². The van der Waals surface area contributed by atoms with Crippen LogP contribution in [-0.4, -0.2) is 23.6 Å². The summed E-state index contributed by atoms with van der Waals surface area (Å²) >= 11 is 0. The van der Waals surface area contributed by atoms with Gasteiger partial charge in [0.15, 0.2) is 0 Å². The van der Waals surface area contributed by atoms with Gasteiger partial charge in [-0.25, -0.2) is 9.97 Å². The fourth-order valence-electron chi connectivity index (χ4n) is 2.76. The number of ether oxygens (including phenoxy) is 1. The van der Waals surface area contributed by atoms with Gasteiger partial charge in [-0.15, -0.1) is 0 Å². The Labute approximate surface area is 154 Å². The molecule has 2 N–H and O–H groups in total. The number of anilines is 3. The van der Waals surface area contributed by atoms with Crippen molar-refractivity contribution in [1.82, 2.24) is 9.97 Å². The predicted octanol–water partition coefficient (Wildman–Crippen LogP) is 4.50. The molecule has 5 heteroatoms. The van der Waals surface area contributed by atoms with E-state index in [0.29, 0.717) is 5.82 Å². The smallest absolute Gasteiger partial charge is 0.142 e. The molecule has 0 unspecified atom stereocenters. The van der Waals surface area contributed by atoms with Crippen molar-refractivity contribution < 1.29 is 4.74 Å². The zero-order chi connectivity index (χ0) is 18.4. The van der Waals surface area contributed by atoms with Gasteiger partial charge in [-0.2, -0.15) is 0 Å². The average molecular weight is 348 g/mol. The topological polar surface area (TPSA) is 59.1 Å². The number of nitrogens with zero attached hydrogens (tertiary/aromatic N) is 2. The Morgan fingerprint density at radius 2 is 1.69 bits per heavy atom. The molecule has 2 aromatic carbocycles. The zero-order valence-electron chi connectivity index (χ0n) is 15.4. The third-order valence-corrected chi connectivity index (χ3v) is 4.02. The maximum Gasteiger partial charge on any atom is 0.142 e. The molecule has 0 spiro atoms. The monoisotopic (exact) mass is 348 g/mol. The standard InChI is InChI=1S/C21H24N4O/c1-15-9-10-19(26-3)18(13-15)25-21-14-20(23-16(2)24-21)22-12-11-17-7-5-4-6-8-17/h4-10,13-14H,11-12H2,1-3H3,(H2,22,23,24,25). The Bertz CT molecular complexity index is 865. The highest BCUT2D eigenvalue weighted by Gasteiger charge is 2.07. The second kappa shape index (κ2) is 8.34. The molecule has 0 aliphatic carbocycles. The van der Waals surface area contributed by atoms with Crippen molar-refractivity contribution in [3.8, 4) is 5.75 Å². The quantitative estimate of drug-likeness (QED) is 0.658. The largest absolute Gasteiger partial charge is 0.495 e. The Morgan fingerprint density at radius 3 is 2.46 bits per heavy atom. The molecule has 0 radical (unpaired) electrons. The summed E-state index contributed by atoms with van der Waals surface area (Å²) in [5.41, 5.74) is 3.34. The first kappa shape index (κ1) is 17.7. The summed E-state index contributed by atoms with van der Waals surface area (Å²) in [6.07, 6.45) is 0.943. The van der Waals surface area contributed by atoms with E-state index in [0.717, 1.165) is 41.6 Å². The van der Waals surface area contributed by atoms with Gasteiger partial charge in [0.1, 0.15) is 23.2 Å². The molecule has 0 amide bonds. The van der Waals surface area contributed by atoms with Crippen LogP contribution in [0.15, 0.2) is 54.6 Å². The molecule has 26 heavy (non-hydrogen) atoms. The van der Waals surface area contributed by atoms with Crippen LogP contribution in [-0.2, 0) is 6.42 Å². The van der Waals surface area contributed by atoms with Crippen LogP contribution >= 0.6 is 0 Å². The molecule has 3 aromatic rings. The number of aromatic nitrogens is 2. The predicted molar refractivity (Wildman–Crippen MR) is 106 cm³/mol. The van der Waals surface area contributed by atoms with Crippen molar-refractivity contribution in [1.29, 1.82) is 0 Å². The SMILES string of the molecule is COc1ccc(C)cc1Nc1cc(NCCc2ccccc2)nc(C)n1. The van der Waals surface area contributed by atoms with Gasteiger partial charge < -0.3 is 15.4 Å². The molecule has 0 saturated carbocycles. The summed E-state index contributed by atoms with van der Waals surface area (Å²) in [7, 11) is 1.66.